The third-order valence-electron chi connectivity index (χ3n) is 3.14. The first-order chi connectivity index (χ1) is 11.0. The summed E-state index contributed by atoms with van der Waals surface area (Å²) in [4.78, 5) is 42.1. The van der Waals surface area contributed by atoms with Crippen molar-refractivity contribution >= 4 is 30.3 Å². The van der Waals surface area contributed by atoms with Crippen LogP contribution >= 0.6 is 12.6 Å². The molecule has 8 heteroatoms. The Hall–Kier alpha value is -2.61. The molecule has 2 aromatic rings. The quantitative estimate of drug-likeness (QED) is 0.339. The molecule has 3 N–H and O–H groups in total. The van der Waals surface area contributed by atoms with Crippen LogP contribution in [0.5, 0.6) is 0 Å². The van der Waals surface area contributed by atoms with Crippen LogP contribution in [-0.4, -0.2) is 44.0 Å². The van der Waals surface area contributed by atoms with Gasteiger partial charge in [0.25, 0.3) is 0 Å². The largest absolute Gasteiger partial charge is 0.480 e. The number of carboxylic acid groups (broad SMARTS) is 1. The summed E-state index contributed by atoms with van der Waals surface area (Å²) < 4.78 is 0. The number of benzene rings is 1. The second-order valence-electron chi connectivity index (χ2n) is 4.80. The lowest BCUT2D eigenvalue weighted by molar-refractivity contribution is -0.141. The van der Waals surface area contributed by atoms with E-state index in [1.54, 1.807) is 30.3 Å². The topological polar surface area (TPSA) is 112 Å². The predicted molar refractivity (Wildman–Crippen MR) is 85.4 cm³/mol. The van der Waals surface area contributed by atoms with Gasteiger partial charge in [-0.25, -0.2) is 9.78 Å². The molecule has 1 aromatic carbocycles. The number of Topliss-reactive ketones (excluding diaryl/α,β-unsaturated/α-hetero) is 1. The summed E-state index contributed by atoms with van der Waals surface area (Å²) in [6.45, 7) is 0. The number of amides is 1. The molecule has 0 radical (unpaired) electrons. The Kier molecular flexibility index (Phi) is 5.53. The zero-order valence-corrected chi connectivity index (χ0v) is 12.9. The molecular weight excluding hydrogens is 318 g/mol. The number of hydrogen-bond donors (Lipinski definition) is 4. The van der Waals surface area contributed by atoms with E-state index in [0.29, 0.717) is 11.3 Å². The van der Waals surface area contributed by atoms with E-state index in [2.05, 4.69) is 27.9 Å². The Morgan fingerprint density at radius 3 is 2.52 bits per heavy atom. The minimum Gasteiger partial charge on any atom is -0.480 e. The van der Waals surface area contributed by atoms with Crippen molar-refractivity contribution in [2.24, 2.45) is 0 Å². The number of nitrogens with one attached hydrogen (secondary N) is 2. The summed E-state index contributed by atoms with van der Waals surface area (Å²) in [6, 6.07) is 7.03. The SMILES string of the molecule is O=C(N[C@@H](Cc1c[nH]cn1)C(=O)O)C(S)C(=O)c1ccccc1. The summed E-state index contributed by atoms with van der Waals surface area (Å²) in [6.07, 6.45) is 2.95. The fourth-order valence-corrected chi connectivity index (χ4v) is 2.17. The van der Waals surface area contributed by atoms with E-state index in [1.165, 1.54) is 12.5 Å². The minimum absolute atomic E-state index is 0.00456. The highest BCUT2D eigenvalue weighted by molar-refractivity contribution is 7.82. The number of nitrogens with zero attached hydrogens (tertiary/aromatic N) is 1. The van der Waals surface area contributed by atoms with E-state index in [1.807, 2.05) is 0 Å². The first kappa shape index (κ1) is 16.8. The lowest BCUT2D eigenvalue weighted by Gasteiger charge is -2.16. The Balaban J connectivity index is 2.03. The smallest absolute Gasteiger partial charge is 0.326 e. The highest BCUT2D eigenvalue weighted by Crippen LogP contribution is 2.09. The van der Waals surface area contributed by atoms with Gasteiger partial charge in [0.15, 0.2) is 5.78 Å². The van der Waals surface area contributed by atoms with Gasteiger partial charge >= 0.3 is 5.97 Å². The second kappa shape index (κ2) is 7.59. The van der Waals surface area contributed by atoms with E-state index < -0.39 is 29.0 Å². The summed E-state index contributed by atoms with van der Waals surface area (Å²) in [7, 11) is 0. The van der Waals surface area contributed by atoms with E-state index >= 15 is 0 Å². The van der Waals surface area contributed by atoms with E-state index in [9.17, 15) is 19.5 Å². The number of aromatic nitrogens is 2. The van der Waals surface area contributed by atoms with Crippen molar-refractivity contribution in [1.82, 2.24) is 15.3 Å². The molecule has 0 aliphatic rings. The summed E-state index contributed by atoms with van der Waals surface area (Å²) >= 11 is 4.01. The van der Waals surface area contributed by atoms with Crippen molar-refractivity contribution in [3.8, 4) is 0 Å². The van der Waals surface area contributed by atoms with Crippen LogP contribution < -0.4 is 5.32 Å². The average Bonchev–Trinajstić information content (AvgIpc) is 3.06. The molecule has 1 heterocycles. The van der Waals surface area contributed by atoms with Crippen LogP contribution in [0.1, 0.15) is 16.1 Å². The number of hydrogen-bond acceptors (Lipinski definition) is 5. The number of thiol groups is 1. The van der Waals surface area contributed by atoms with Gasteiger partial charge in [0, 0.05) is 18.2 Å². The molecule has 1 amide bonds. The van der Waals surface area contributed by atoms with Gasteiger partial charge in [-0.2, -0.15) is 12.6 Å². The average molecular weight is 333 g/mol. The van der Waals surface area contributed by atoms with E-state index in [-0.39, 0.29) is 6.42 Å². The number of ketones is 1. The van der Waals surface area contributed by atoms with Gasteiger partial charge in [0.05, 0.1) is 12.0 Å². The highest BCUT2D eigenvalue weighted by atomic mass is 32.1. The molecule has 1 unspecified atom stereocenters. The third kappa shape index (κ3) is 4.43. The molecule has 7 nitrogen and oxygen atoms in total. The van der Waals surface area contributed by atoms with Crippen LogP contribution in [0.4, 0.5) is 0 Å². The number of H-pyrrole nitrogens is 1. The molecule has 0 saturated carbocycles. The van der Waals surface area contributed by atoms with Crippen LogP contribution in [0, 0.1) is 0 Å². The predicted octanol–water partition coefficient (Wildman–Crippen LogP) is 0.703. The number of rotatable bonds is 7. The molecule has 2 rings (SSSR count). The maximum absolute atomic E-state index is 12.2. The van der Waals surface area contributed by atoms with Crippen molar-refractivity contribution in [2.75, 3.05) is 0 Å². The molecule has 0 bridgehead atoms. The first-order valence-electron chi connectivity index (χ1n) is 6.77. The molecule has 120 valence electrons. The fourth-order valence-electron chi connectivity index (χ4n) is 1.94. The second-order valence-corrected chi connectivity index (χ2v) is 5.31. The number of aromatic amines is 1. The normalized spacial score (nSPS) is 13.1. The summed E-state index contributed by atoms with van der Waals surface area (Å²) in [5.41, 5.74) is 0.824. The monoisotopic (exact) mass is 333 g/mol. The maximum atomic E-state index is 12.2. The molecule has 2 atom stereocenters. The minimum atomic E-state index is -1.28. The number of carbonyl (C=O) groups excluding carboxylic acids is 2. The zero-order chi connectivity index (χ0) is 16.8. The first-order valence-corrected chi connectivity index (χ1v) is 7.29. The van der Waals surface area contributed by atoms with E-state index in [0.717, 1.165) is 0 Å². The van der Waals surface area contributed by atoms with Gasteiger partial charge in [-0.1, -0.05) is 30.3 Å². The summed E-state index contributed by atoms with van der Waals surface area (Å²) in [5.74, 6) is -2.46. The van der Waals surface area contributed by atoms with Gasteiger partial charge in [-0.3, -0.25) is 9.59 Å². The van der Waals surface area contributed by atoms with Crippen LogP contribution in [-0.2, 0) is 16.0 Å². The van der Waals surface area contributed by atoms with Crippen LogP contribution in [0.3, 0.4) is 0 Å². The molecular formula is C15H15N3O4S. The molecule has 0 aliphatic heterocycles. The van der Waals surface area contributed by atoms with Crippen molar-refractivity contribution in [1.29, 1.82) is 0 Å². The number of carbonyl (C=O) groups is 3. The van der Waals surface area contributed by atoms with E-state index in [4.69, 9.17) is 0 Å². The Bertz CT molecular complexity index is 688. The van der Waals surface area contributed by atoms with Gasteiger partial charge < -0.3 is 15.4 Å². The van der Waals surface area contributed by atoms with Crippen molar-refractivity contribution in [3.63, 3.8) is 0 Å². The standard InChI is InChI=1S/C15H15N3O4S/c19-12(9-4-2-1-3-5-9)13(23)14(20)18-11(15(21)22)6-10-7-16-8-17-10/h1-5,7-8,11,13,23H,6H2,(H,16,17)(H,18,20)(H,21,22)/t11-,13?/m0/s1. The van der Waals surface area contributed by atoms with Gasteiger partial charge in [-0.05, 0) is 0 Å². The number of carboxylic acids is 1. The number of aliphatic carboxylic acids is 1. The molecule has 0 saturated heterocycles. The highest BCUT2D eigenvalue weighted by Gasteiger charge is 2.28. The molecule has 23 heavy (non-hydrogen) atoms. The third-order valence-corrected chi connectivity index (χ3v) is 3.61. The summed E-state index contributed by atoms with van der Waals surface area (Å²) in [5, 5.41) is 10.2. The van der Waals surface area contributed by atoms with Crippen LogP contribution in [0.2, 0.25) is 0 Å². The molecule has 0 spiro atoms. The lowest BCUT2D eigenvalue weighted by Crippen LogP contribution is -2.47. The van der Waals surface area contributed by atoms with Gasteiger partial charge in [0.2, 0.25) is 5.91 Å². The molecule has 1 aromatic heterocycles. The van der Waals surface area contributed by atoms with Crippen molar-refractivity contribution in [3.05, 3.63) is 54.1 Å². The van der Waals surface area contributed by atoms with Crippen molar-refractivity contribution in [2.45, 2.75) is 17.7 Å². The van der Waals surface area contributed by atoms with Crippen LogP contribution in [0.15, 0.2) is 42.9 Å². The maximum Gasteiger partial charge on any atom is 0.326 e. The van der Waals surface area contributed by atoms with Gasteiger partial charge in [-0.15, -0.1) is 0 Å². The lowest BCUT2D eigenvalue weighted by atomic mass is 10.1. The van der Waals surface area contributed by atoms with Gasteiger partial charge in [0.1, 0.15) is 11.3 Å². The Labute approximate surface area is 137 Å². The zero-order valence-electron chi connectivity index (χ0n) is 12.0. The molecule has 0 aliphatic carbocycles. The number of imidazole rings is 1. The Morgan fingerprint density at radius 1 is 1.26 bits per heavy atom. The van der Waals surface area contributed by atoms with Crippen molar-refractivity contribution < 1.29 is 19.5 Å². The fraction of sp³-hybridized carbons (Fsp3) is 0.200. The van der Waals surface area contributed by atoms with Crippen LogP contribution in [0.25, 0.3) is 0 Å². The Morgan fingerprint density at radius 2 is 1.96 bits per heavy atom. The molecule has 0 fully saturated rings.